The van der Waals surface area contributed by atoms with E-state index in [1.54, 1.807) is 69.9 Å². The summed E-state index contributed by atoms with van der Waals surface area (Å²) < 4.78 is 35.2. The molecule has 0 spiro atoms. The van der Waals surface area contributed by atoms with E-state index in [1.165, 1.54) is 0 Å². The third-order valence-electron chi connectivity index (χ3n) is 4.75. The SMILES string of the molecule is COC[C@H]1O[C@H](Oc2ccc(N)cc2)[C@H](Oc2ccc(N)cc2)[C@@H](OC)[C@H]1OC. The van der Waals surface area contributed by atoms with Crippen molar-refractivity contribution in [2.45, 2.75) is 30.7 Å². The van der Waals surface area contributed by atoms with E-state index in [-0.39, 0.29) is 0 Å². The molecule has 0 aromatic heterocycles. The Balaban J connectivity index is 1.89. The summed E-state index contributed by atoms with van der Waals surface area (Å²) >= 11 is 0. The van der Waals surface area contributed by atoms with Crippen LogP contribution in [0, 0.1) is 0 Å². The van der Waals surface area contributed by atoms with Gasteiger partial charge in [0, 0.05) is 32.7 Å². The number of anilines is 2. The highest BCUT2D eigenvalue weighted by Gasteiger charge is 2.49. The van der Waals surface area contributed by atoms with Crippen molar-refractivity contribution in [2.24, 2.45) is 0 Å². The first kappa shape index (κ1) is 21.2. The van der Waals surface area contributed by atoms with Crippen LogP contribution in [-0.4, -0.2) is 58.6 Å². The molecular weight excluding hydrogens is 376 g/mol. The third kappa shape index (κ3) is 5.10. The van der Waals surface area contributed by atoms with E-state index in [2.05, 4.69) is 0 Å². The van der Waals surface area contributed by atoms with Crippen molar-refractivity contribution in [3.63, 3.8) is 0 Å². The Labute approximate surface area is 170 Å². The van der Waals surface area contributed by atoms with Crippen LogP contribution in [0.1, 0.15) is 0 Å². The van der Waals surface area contributed by atoms with Gasteiger partial charge in [-0.05, 0) is 48.5 Å². The Morgan fingerprint density at radius 1 is 0.724 bits per heavy atom. The molecule has 1 aliphatic heterocycles. The van der Waals surface area contributed by atoms with Crippen LogP contribution in [0.25, 0.3) is 0 Å². The molecule has 3 rings (SSSR count). The van der Waals surface area contributed by atoms with Crippen LogP contribution >= 0.6 is 0 Å². The fourth-order valence-electron chi connectivity index (χ4n) is 3.33. The molecule has 0 bridgehead atoms. The van der Waals surface area contributed by atoms with Crippen molar-refractivity contribution in [3.05, 3.63) is 48.5 Å². The number of methoxy groups -OCH3 is 3. The average molecular weight is 404 g/mol. The van der Waals surface area contributed by atoms with Gasteiger partial charge in [0.15, 0.2) is 6.10 Å². The summed E-state index contributed by atoms with van der Waals surface area (Å²) in [5.74, 6) is 1.21. The van der Waals surface area contributed by atoms with Crippen molar-refractivity contribution in [1.29, 1.82) is 0 Å². The van der Waals surface area contributed by atoms with Gasteiger partial charge in [0.2, 0.25) is 6.29 Å². The zero-order valence-electron chi connectivity index (χ0n) is 16.8. The van der Waals surface area contributed by atoms with E-state index in [4.69, 9.17) is 39.9 Å². The van der Waals surface area contributed by atoms with Gasteiger partial charge < -0.3 is 39.9 Å². The number of hydrogen-bond acceptors (Lipinski definition) is 8. The molecule has 1 aliphatic rings. The van der Waals surface area contributed by atoms with Crippen LogP contribution in [0.3, 0.4) is 0 Å². The highest BCUT2D eigenvalue weighted by molar-refractivity contribution is 5.42. The summed E-state index contributed by atoms with van der Waals surface area (Å²) in [5.41, 5.74) is 12.8. The van der Waals surface area contributed by atoms with Crippen LogP contribution in [0.15, 0.2) is 48.5 Å². The van der Waals surface area contributed by atoms with Crippen LogP contribution in [0.4, 0.5) is 11.4 Å². The summed E-state index contributed by atoms with van der Waals surface area (Å²) in [6, 6.07) is 14.1. The van der Waals surface area contributed by atoms with E-state index in [1.807, 2.05) is 0 Å². The molecule has 1 saturated heterocycles. The van der Waals surface area contributed by atoms with E-state index in [9.17, 15) is 0 Å². The fraction of sp³-hybridized carbons (Fsp3) is 0.429. The molecule has 1 heterocycles. The van der Waals surface area contributed by atoms with Gasteiger partial charge in [0.25, 0.3) is 0 Å². The highest BCUT2D eigenvalue weighted by atomic mass is 16.7. The second-order valence-electron chi connectivity index (χ2n) is 6.74. The maximum Gasteiger partial charge on any atom is 0.240 e. The predicted octanol–water partition coefficient (Wildman–Crippen LogP) is 2.08. The molecule has 0 saturated carbocycles. The maximum atomic E-state index is 6.20. The molecule has 0 aliphatic carbocycles. The van der Waals surface area contributed by atoms with Crippen molar-refractivity contribution in [1.82, 2.24) is 0 Å². The zero-order chi connectivity index (χ0) is 20.8. The van der Waals surface area contributed by atoms with E-state index in [0.29, 0.717) is 29.5 Å². The summed E-state index contributed by atoms with van der Waals surface area (Å²) in [6.45, 7) is 0.314. The lowest BCUT2D eigenvalue weighted by Crippen LogP contribution is -2.63. The molecule has 4 N–H and O–H groups in total. The second-order valence-corrected chi connectivity index (χ2v) is 6.74. The van der Waals surface area contributed by atoms with Crippen LogP contribution in [0.2, 0.25) is 0 Å². The number of rotatable bonds is 8. The van der Waals surface area contributed by atoms with Crippen molar-refractivity contribution in [3.8, 4) is 11.5 Å². The van der Waals surface area contributed by atoms with Gasteiger partial charge in [0.05, 0.1) is 6.61 Å². The van der Waals surface area contributed by atoms with Gasteiger partial charge in [-0.25, -0.2) is 0 Å². The van der Waals surface area contributed by atoms with Crippen molar-refractivity contribution in [2.75, 3.05) is 39.4 Å². The van der Waals surface area contributed by atoms with Crippen LogP contribution in [0.5, 0.6) is 11.5 Å². The molecule has 29 heavy (non-hydrogen) atoms. The first-order valence-electron chi connectivity index (χ1n) is 9.30. The monoisotopic (exact) mass is 404 g/mol. The van der Waals surface area contributed by atoms with Crippen molar-refractivity contribution >= 4 is 11.4 Å². The molecule has 1 fully saturated rings. The molecule has 0 amide bonds. The molecule has 0 unspecified atom stereocenters. The Hall–Kier alpha value is -2.52. The van der Waals surface area contributed by atoms with Gasteiger partial charge in [0.1, 0.15) is 29.8 Å². The Morgan fingerprint density at radius 3 is 1.72 bits per heavy atom. The molecule has 158 valence electrons. The van der Waals surface area contributed by atoms with Gasteiger partial charge in [-0.2, -0.15) is 0 Å². The van der Waals surface area contributed by atoms with Crippen LogP contribution < -0.4 is 20.9 Å². The van der Waals surface area contributed by atoms with Gasteiger partial charge >= 0.3 is 0 Å². The summed E-state index contributed by atoms with van der Waals surface area (Å²) in [5, 5.41) is 0. The summed E-state index contributed by atoms with van der Waals surface area (Å²) in [4.78, 5) is 0. The minimum Gasteiger partial charge on any atom is -0.481 e. The van der Waals surface area contributed by atoms with Crippen molar-refractivity contribution < 1.29 is 28.4 Å². The number of benzene rings is 2. The number of nitrogens with two attached hydrogens (primary N) is 2. The van der Waals surface area contributed by atoms with Gasteiger partial charge in [-0.15, -0.1) is 0 Å². The smallest absolute Gasteiger partial charge is 0.240 e. The third-order valence-corrected chi connectivity index (χ3v) is 4.75. The minimum absolute atomic E-state index is 0.314. The standard InChI is InChI=1S/C21H28N2O6/c1-24-12-17-18(25-2)19(26-3)20(27-15-8-4-13(22)5-9-15)21(29-17)28-16-10-6-14(23)7-11-16/h4-11,17-21H,12,22-23H2,1-3H3/t17-,18+,19+,20-,21+/m1/s1. The topological polar surface area (TPSA) is 107 Å². The second kappa shape index (κ2) is 9.80. The maximum absolute atomic E-state index is 6.20. The Bertz CT molecular complexity index is 755. The molecule has 8 nitrogen and oxygen atoms in total. The molecule has 8 heteroatoms. The Kier molecular flexibility index (Phi) is 7.16. The molecule has 0 radical (unpaired) electrons. The summed E-state index contributed by atoms with van der Waals surface area (Å²) in [6.07, 6.45) is -2.66. The number of nitrogen functional groups attached to an aromatic ring is 2. The molecule has 2 aromatic rings. The largest absolute Gasteiger partial charge is 0.481 e. The van der Waals surface area contributed by atoms with Crippen LogP contribution in [-0.2, 0) is 18.9 Å². The van der Waals surface area contributed by atoms with E-state index >= 15 is 0 Å². The molecular formula is C21H28N2O6. The quantitative estimate of drug-likeness (QED) is 0.644. The summed E-state index contributed by atoms with van der Waals surface area (Å²) in [7, 11) is 4.81. The van der Waals surface area contributed by atoms with E-state index in [0.717, 1.165) is 0 Å². The lowest BCUT2D eigenvalue weighted by Gasteiger charge is -2.44. The lowest BCUT2D eigenvalue weighted by molar-refractivity contribution is -0.281. The normalized spacial score (nSPS) is 26.8. The fourth-order valence-corrected chi connectivity index (χ4v) is 3.33. The number of hydrogen-bond donors (Lipinski definition) is 2. The molecule has 2 aromatic carbocycles. The highest BCUT2D eigenvalue weighted by Crippen LogP contribution is 2.31. The van der Waals surface area contributed by atoms with E-state index < -0.39 is 30.7 Å². The number of ether oxygens (including phenoxy) is 6. The minimum atomic E-state index is -0.771. The lowest BCUT2D eigenvalue weighted by atomic mass is 9.98. The average Bonchev–Trinajstić information content (AvgIpc) is 2.72. The first-order chi connectivity index (χ1) is 14.0. The zero-order valence-corrected chi connectivity index (χ0v) is 16.8. The first-order valence-corrected chi connectivity index (χ1v) is 9.30. The Morgan fingerprint density at radius 2 is 1.24 bits per heavy atom. The predicted molar refractivity (Wildman–Crippen MR) is 109 cm³/mol. The van der Waals surface area contributed by atoms with Gasteiger partial charge in [-0.3, -0.25) is 0 Å². The molecule has 5 atom stereocenters. The van der Waals surface area contributed by atoms with Gasteiger partial charge in [-0.1, -0.05) is 0 Å².